The van der Waals surface area contributed by atoms with E-state index in [1.54, 1.807) is 0 Å². The average molecular weight is 267 g/mol. The molecule has 2 fully saturated rings. The van der Waals surface area contributed by atoms with E-state index in [0.29, 0.717) is 6.10 Å². The maximum Gasteiger partial charge on any atom is 0.0793 e. The second-order valence-electron chi connectivity index (χ2n) is 7.77. The lowest BCUT2D eigenvalue weighted by atomic mass is 9.73. The molecule has 1 unspecified atom stereocenters. The zero-order valence-corrected chi connectivity index (χ0v) is 13.7. The van der Waals surface area contributed by atoms with Crippen LogP contribution in [0.1, 0.15) is 86.0 Å². The normalized spacial score (nSPS) is 32.4. The van der Waals surface area contributed by atoms with Crippen LogP contribution in [0.2, 0.25) is 0 Å². The summed E-state index contributed by atoms with van der Waals surface area (Å²) in [4.78, 5) is 6.53. The Morgan fingerprint density at radius 3 is 2.21 bits per heavy atom. The van der Waals surface area contributed by atoms with E-state index in [4.69, 9.17) is 4.84 Å². The van der Waals surface area contributed by atoms with Gasteiger partial charge in [0.05, 0.1) is 6.10 Å². The fourth-order valence-electron chi connectivity index (χ4n) is 4.23. The van der Waals surface area contributed by atoms with Crippen LogP contribution in [0.15, 0.2) is 0 Å². The van der Waals surface area contributed by atoms with Crippen LogP contribution in [-0.2, 0) is 4.84 Å². The van der Waals surface area contributed by atoms with Crippen molar-refractivity contribution in [2.24, 2.45) is 5.92 Å². The van der Waals surface area contributed by atoms with Crippen LogP contribution in [-0.4, -0.2) is 22.2 Å². The van der Waals surface area contributed by atoms with Crippen LogP contribution in [0.25, 0.3) is 0 Å². The van der Waals surface area contributed by atoms with Crippen LogP contribution in [0, 0.1) is 5.92 Å². The van der Waals surface area contributed by atoms with E-state index in [0.717, 1.165) is 5.92 Å². The Morgan fingerprint density at radius 1 is 1.00 bits per heavy atom. The molecule has 1 aliphatic heterocycles. The van der Waals surface area contributed by atoms with Gasteiger partial charge in [0.25, 0.3) is 0 Å². The summed E-state index contributed by atoms with van der Waals surface area (Å²) in [6, 6.07) is 0. The molecule has 0 amide bonds. The Morgan fingerprint density at radius 2 is 1.63 bits per heavy atom. The van der Waals surface area contributed by atoms with Gasteiger partial charge in [-0.1, -0.05) is 32.6 Å². The summed E-state index contributed by atoms with van der Waals surface area (Å²) in [6.45, 7) is 11.8. The number of rotatable bonds is 3. The second kappa shape index (κ2) is 5.73. The van der Waals surface area contributed by atoms with E-state index in [1.165, 1.54) is 51.4 Å². The van der Waals surface area contributed by atoms with Crippen LogP contribution in [0.5, 0.6) is 0 Å². The van der Waals surface area contributed by atoms with Gasteiger partial charge in [0, 0.05) is 11.1 Å². The highest BCUT2D eigenvalue weighted by atomic mass is 16.7. The monoisotopic (exact) mass is 267 g/mol. The molecule has 1 heterocycles. The van der Waals surface area contributed by atoms with Gasteiger partial charge < -0.3 is 0 Å². The minimum absolute atomic E-state index is 0.161. The highest BCUT2D eigenvalue weighted by Crippen LogP contribution is 2.44. The predicted octanol–water partition coefficient (Wildman–Crippen LogP) is 4.93. The molecule has 1 aliphatic carbocycles. The van der Waals surface area contributed by atoms with Crippen molar-refractivity contribution in [3.63, 3.8) is 0 Å². The first-order chi connectivity index (χ1) is 8.88. The molecule has 0 spiro atoms. The van der Waals surface area contributed by atoms with Crippen molar-refractivity contribution in [3.8, 4) is 0 Å². The highest BCUT2D eigenvalue weighted by Gasteiger charge is 2.48. The highest BCUT2D eigenvalue weighted by molar-refractivity contribution is 4.97. The standard InChI is InChI=1S/C17H33NO/c1-6-14-12-13-16(2,3)18(17(14,4)5)19-15-10-8-7-9-11-15/h14-15H,6-13H2,1-5H3. The molecule has 2 heteroatoms. The van der Waals surface area contributed by atoms with Crippen LogP contribution < -0.4 is 0 Å². The largest absolute Gasteiger partial charge is 0.295 e. The first kappa shape index (κ1) is 15.3. The van der Waals surface area contributed by atoms with Gasteiger partial charge in [-0.15, -0.1) is 0 Å². The predicted molar refractivity (Wildman–Crippen MR) is 81.0 cm³/mol. The van der Waals surface area contributed by atoms with E-state index in [1.807, 2.05) is 0 Å². The first-order valence-electron chi connectivity index (χ1n) is 8.35. The second-order valence-corrected chi connectivity index (χ2v) is 7.77. The molecule has 1 atom stereocenters. The lowest BCUT2D eigenvalue weighted by Gasteiger charge is -2.56. The molecule has 1 saturated carbocycles. The first-order valence-corrected chi connectivity index (χ1v) is 8.35. The number of nitrogens with zero attached hydrogens (tertiary/aromatic N) is 1. The zero-order chi connectivity index (χ0) is 14.1. The molecular weight excluding hydrogens is 234 g/mol. The molecule has 0 N–H and O–H groups in total. The molecule has 1 saturated heterocycles. The van der Waals surface area contributed by atoms with Crippen molar-refractivity contribution in [1.82, 2.24) is 5.06 Å². The fraction of sp³-hybridized carbons (Fsp3) is 1.00. The smallest absolute Gasteiger partial charge is 0.0793 e. The van der Waals surface area contributed by atoms with Crippen LogP contribution in [0.4, 0.5) is 0 Å². The molecule has 0 aromatic rings. The Kier molecular flexibility index (Phi) is 4.62. The molecular formula is C17H33NO. The molecule has 0 radical (unpaired) electrons. The van der Waals surface area contributed by atoms with Gasteiger partial charge in [-0.25, -0.2) is 0 Å². The Balaban J connectivity index is 2.11. The van der Waals surface area contributed by atoms with Crippen molar-refractivity contribution < 1.29 is 4.84 Å². The van der Waals surface area contributed by atoms with Crippen LogP contribution >= 0.6 is 0 Å². The van der Waals surface area contributed by atoms with Crippen molar-refractivity contribution in [2.75, 3.05) is 0 Å². The zero-order valence-electron chi connectivity index (χ0n) is 13.7. The number of piperidine rings is 1. The summed E-state index contributed by atoms with van der Waals surface area (Å²) in [5, 5.41) is 2.38. The Bertz CT molecular complexity index is 292. The summed E-state index contributed by atoms with van der Waals surface area (Å²) in [6.07, 6.45) is 10.9. The lowest BCUT2D eigenvalue weighted by molar-refractivity contribution is -0.320. The SMILES string of the molecule is CCC1CCC(C)(C)N(OC2CCCCC2)C1(C)C. The van der Waals surface area contributed by atoms with Gasteiger partial charge in [0.2, 0.25) is 0 Å². The van der Waals surface area contributed by atoms with Gasteiger partial charge >= 0.3 is 0 Å². The molecule has 0 aromatic carbocycles. The van der Waals surface area contributed by atoms with Gasteiger partial charge in [-0.05, 0) is 59.3 Å². The average Bonchev–Trinajstić information content (AvgIpc) is 2.36. The third-order valence-corrected chi connectivity index (χ3v) is 5.48. The molecule has 112 valence electrons. The molecule has 0 aromatic heterocycles. The van der Waals surface area contributed by atoms with Crippen LogP contribution in [0.3, 0.4) is 0 Å². The van der Waals surface area contributed by atoms with Crippen molar-refractivity contribution in [1.29, 1.82) is 0 Å². The molecule has 2 aliphatic rings. The Labute approximate surface area is 119 Å². The maximum atomic E-state index is 6.53. The quantitative estimate of drug-likeness (QED) is 0.719. The molecule has 2 rings (SSSR count). The third kappa shape index (κ3) is 3.16. The summed E-state index contributed by atoms with van der Waals surface area (Å²) < 4.78 is 0. The molecule has 0 bridgehead atoms. The van der Waals surface area contributed by atoms with Crippen molar-refractivity contribution >= 4 is 0 Å². The van der Waals surface area contributed by atoms with Gasteiger partial charge in [-0.3, -0.25) is 4.84 Å². The number of hydrogen-bond acceptors (Lipinski definition) is 2. The Hall–Kier alpha value is -0.0800. The van der Waals surface area contributed by atoms with Crippen molar-refractivity contribution in [2.45, 2.75) is 103 Å². The minimum Gasteiger partial charge on any atom is -0.295 e. The van der Waals surface area contributed by atoms with E-state index in [-0.39, 0.29) is 11.1 Å². The van der Waals surface area contributed by atoms with E-state index < -0.39 is 0 Å². The van der Waals surface area contributed by atoms with Gasteiger partial charge in [-0.2, -0.15) is 5.06 Å². The summed E-state index contributed by atoms with van der Waals surface area (Å²) in [7, 11) is 0. The summed E-state index contributed by atoms with van der Waals surface area (Å²) >= 11 is 0. The summed E-state index contributed by atoms with van der Waals surface area (Å²) in [5.41, 5.74) is 0.334. The van der Waals surface area contributed by atoms with Crippen molar-refractivity contribution in [3.05, 3.63) is 0 Å². The molecule has 2 nitrogen and oxygen atoms in total. The van der Waals surface area contributed by atoms with Gasteiger partial charge in [0.1, 0.15) is 0 Å². The molecule has 19 heavy (non-hydrogen) atoms. The number of hydrogen-bond donors (Lipinski definition) is 0. The topological polar surface area (TPSA) is 12.5 Å². The minimum atomic E-state index is 0.161. The fourth-order valence-corrected chi connectivity index (χ4v) is 4.23. The lowest BCUT2D eigenvalue weighted by Crippen LogP contribution is -2.62. The van der Waals surface area contributed by atoms with E-state index >= 15 is 0 Å². The van der Waals surface area contributed by atoms with Gasteiger partial charge in [0.15, 0.2) is 0 Å². The number of hydroxylamine groups is 2. The maximum absolute atomic E-state index is 6.53. The van der Waals surface area contributed by atoms with E-state index in [2.05, 4.69) is 39.7 Å². The van der Waals surface area contributed by atoms with E-state index in [9.17, 15) is 0 Å². The third-order valence-electron chi connectivity index (χ3n) is 5.48. The summed E-state index contributed by atoms with van der Waals surface area (Å²) in [5.74, 6) is 0.754.